The zero-order chi connectivity index (χ0) is 15.4. The van der Waals surface area contributed by atoms with Gasteiger partial charge >= 0.3 is 0 Å². The van der Waals surface area contributed by atoms with Crippen LogP contribution in [0.15, 0.2) is 23.2 Å². The highest BCUT2D eigenvalue weighted by Crippen LogP contribution is 2.17. The Morgan fingerprint density at radius 3 is 2.62 bits per heavy atom. The molecular weight excluding hydrogens is 280 g/mol. The van der Waals surface area contributed by atoms with Gasteiger partial charge in [-0.05, 0) is 51.0 Å². The fourth-order valence-corrected chi connectivity index (χ4v) is 2.85. The molecule has 3 N–H and O–H groups in total. The summed E-state index contributed by atoms with van der Waals surface area (Å²) in [7, 11) is 0. The van der Waals surface area contributed by atoms with E-state index in [4.69, 9.17) is 5.73 Å². The number of nitrogens with zero attached hydrogens (tertiary/aromatic N) is 2. The molecule has 0 spiro atoms. The lowest BCUT2D eigenvalue weighted by atomic mass is 10.1. The summed E-state index contributed by atoms with van der Waals surface area (Å²) in [6, 6.07) is 6.16. The van der Waals surface area contributed by atoms with Crippen molar-refractivity contribution in [1.82, 2.24) is 4.98 Å². The van der Waals surface area contributed by atoms with Crippen LogP contribution in [0.3, 0.4) is 0 Å². The molecule has 0 bridgehead atoms. The molecule has 5 heteroatoms. The maximum Gasteiger partial charge on any atom is 0.193 e. The van der Waals surface area contributed by atoms with E-state index in [1.807, 2.05) is 13.0 Å². The first-order chi connectivity index (χ1) is 9.95. The summed E-state index contributed by atoms with van der Waals surface area (Å²) in [4.78, 5) is 10.1. The van der Waals surface area contributed by atoms with Crippen molar-refractivity contribution in [2.24, 2.45) is 10.7 Å². The fraction of sp³-hybridized carbons (Fsp3) is 0.375. The first kappa shape index (κ1) is 15.5. The Bertz CT molecular complexity index is 639. The van der Waals surface area contributed by atoms with Crippen LogP contribution in [0.4, 0.5) is 5.69 Å². The molecule has 0 fully saturated rings. The predicted octanol–water partition coefficient (Wildman–Crippen LogP) is 3.35. The summed E-state index contributed by atoms with van der Waals surface area (Å²) in [6.07, 6.45) is 0.828. The van der Waals surface area contributed by atoms with Gasteiger partial charge in [0.25, 0.3) is 0 Å². The molecule has 21 heavy (non-hydrogen) atoms. The average molecular weight is 302 g/mol. The summed E-state index contributed by atoms with van der Waals surface area (Å²) in [5, 5.41) is 4.24. The number of rotatable bonds is 4. The summed E-state index contributed by atoms with van der Waals surface area (Å²) in [6.45, 7) is 8.95. The van der Waals surface area contributed by atoms with E-state index >= 15 is 0 Å². The lowest BCUT2D eigenvalue weighted by Gasteiger charge is -2.07. The van der Waals surface area contributed by atoms with E-state index in [1.165, 1.54) is 16.0 Å². The van der Waals surface area contributed by atoms with Gasteiger partial charge in [-0.25, -0.2) is 4.98 Å². The van der Waals surface area contributed by atoms with Gasteiger partial charge in [-0.3, -0.25) is 4.99 Å². The van der Waals surface area contributed by atoms with Crippen molar-refractivity contribution in [3.05, 3.63) is 44.9 Å². The van der Waals surface area contributed by atoms with Gasteiger partial charge in [0.2, 0.25) is 0 Å². The van der Waals surface area contributed by atoms with Crippen LogP contribution < -0.4 is 11.1 Å². The van der Waals surface area contributed by atoms with Crippen molar-refractivity contribution in [2.45, 2.75) is 34.1 Å². The SMILES string of the molecule is Cc1ccc(NC(N)=NCCc2nc(C)c(C)s2)cc1C. The molecule has 1 heterocycles. The normalized spacial score (nSPS) is 11.7. The van der Waals surface area contributed by atoms with Crippen molar-refractivity contribution in [3.8, 4) is 0 Å². The number of hydrogen-bond acceptors (Lipinski definition) is 3. The molecule has 2 aromatic rings. The van der Waals surface area contributed by atoms with Crippen molar-refractivity contribution in [3.63, 3.8) is 0 Å². The second-order valence-corrected chi connectivity index (χ2v) is 6.48. The minimum atomic E-state index is 0.447. The fourth-order valence-electron chi connectivity index (χ4n) is 1.92. The zero-order valence-electron chi connectivity index (χ0n) is 13.0. The van der Waals surface area contributed by atoms with Crippen molar-refractivity contribution in [2.75, 3.05) is 11.9 Å². The van der Waals surface area contributed by atoms with E-state index in [0.717, 1.165) is 22.8 Å². The van der Waals surface area contributed by atoms with Crippen LogP contribution >= 0.6 is 11.3 Å². The van der Waals surface area contributed by atoms with Gasteiger partial charge in [-0.1, -0.05) is 6.07 Å². The zero-order valence-corrected chi connectivity index (χ0v) is 13.8. The Morgan fingerprint density at radius 1 is 1.24 bits per heavy atom. The molecule has 1 aromatic heterocycles. The predicted molar refractivity (Wildman–Crippen MR) is 91.3 cm³/mol. The quantitative estimate of drug-likeness (QED) is 0.672. The van der Waals surface area contributed by atoms with E-state index in [9.17, 15) is 0 Å². The molecule has 4 nitrogen and oxygen atoms in total. The van der Waals surface area contributed by atoms with Crippen LogP contribution in [0.5, 0.6) is 0 Å². The highest BCUT2D eigenvalue weighted by molar-refractivity contribution is 7.11. The van der Waals surface area contributed by atoms with Crippen LogP contribution in [0, 0.1) is 27.7 Å². The third-order valence-electron chi connectivity index (χ3n) is 3.46. The number of benzene rings is 1. The molecule has 0 unspecified atom stereocenters. The summed E-state index contributed by atoms with van der Waals surface area (Å²) < 4.78 is 0. The van der Waals surface area contributed by atoms with Gasteiger partial charge < -0.3 is 11.1 Å². The molecule has 0 aliphatic heterocycles. The molecule has 0 atom stereocenters. The van der Waals surface area contributed by atoms with Crippen LogP contribution in [0.1, 0.15) is 26.7 Å². The van der Waals surface area contributed by atoms with Crippen LogP contribution in [0.25, 0.3) is 0 Å². The molecule has 0 aliphatic carbocycles. The molecular formula is C16H22N4S. The molecule has 112 valence electrons. The Morgan fingerprint density at radius 2 is 2.00 bits per heavy atom. The van der Waals surface area contributed by atoms with Crippen molar-refractivity contribution < 1.29 is 0 Å². The molecule has 0 saturated heterocycles. The number of hydrogen-bond donors (Lipinski definition) is 2. The van der Waals surface area contributed by atoms with Crippen molar-refractivity contribution in [1.29, 1.82) is 0 Å². The van der Waals surface area contributed by atoms with Gasteiger partial charge in [0, 0.05) is 23.5 Å². The topological polar surface area (TPSA) is 63.3 Å². The van der Waals surface area contributed by atoms with E-state index in [-0.39, 0.29) is 0 Å². The number of aryl methyl sites for hydroxylation is 4. The van der Waals surface area contributed by atoms with Crippen LogP contribution in [-0.2, 0) is 6.42 Å². The summed E-state index contributed by atoms with van der Waals surface area (Å²) in [5.74, 6) is 0.447. The maximum absolute atomic E-state index is 5.91. The molecule has 0 aliphatic rings. The molecule has 0 saturated carbocycles. The smallest absolute Gasteiger partial charge is 0.193 e. The lowest BCUT2D eigenvalue weighted by Crippen LogP contribution is -2.23. The third-order valence-corrected chi connectivity index (χ3v) is 4.59. The number of nitrogens with one attached hydrogen (secondary N) is 1. The maximum atomic E-state index is 5.91. The van der Waals surface area contributed by atoms with Crippen LogP contribution in [-0.4, -0.2) is 17.5 Å². The summed E-state index contributed by atoms with van der Waals surface area (Å²) >= 11 is 1.73. The highest BCUT2D eigenvalue weighted by Gasteiger charge is 2.03. The largest absolute Gasteiger partial charge is 0.370 e. The van der Waals surface area contributed by atoms with Gasteiger partial charge in [0.05, 0.1) is 10.7 Å². The van der Waals surface area contributed by atoms with Gasteiger partial charge in [-0.2, -0.15) is 0 Å². The summed E-state index contributed by atoms with van der Waals surface area (Å²) in [5.41, 5.74) is 10.5. The lowest BCUT2D eigenvalue weighted by molar-refractivity contribution is 0.941. The van der Waals surface area contributed by atoms with E-state index in [2.05, 4.69) is 48.2 Å². The second-order valence-electron chi connectivity index (χ2n) is 5.19. The number of aromatic nitrogens is 1. The molecule has 0 amide bonds. The molecule has 0 radical (unpaired) electrons. The Kier molecular flexibility index (Phi) is 4.96. The van der Waals surface area contributed by atoms with Gasteiger partial charge in [-0.15, -0.1) is 11.3 Å². The monoisotopic (exact) mass is 302 g/mol. The molecule has 2 rings (SSSR count). The van der Waals surface area contributed by atoms with Crippen LogP contribution in [0.2, 0.25) is 0 Å². The van der Waals surface area contributed by atoms with Crippen molar-refractivity contribution >= 4 is 23.0 Å². The van der Waals surface area contributed by atoms with E-state index < -0.39 is 0 Å². The highest BCUT2D eigenvalue weighted by atomic mass is 32.1. The number of aliphatic imine (C=N–C) groups is 1. The van der Waals surface area contributed by atoms with E-state index in [0.29, 0.717) is 12.5 Å². The average Bonchev–Trinajstić information content (AvgIpc) is 2.73. The van der Waals surface area contributed by atoms with Gasteiger partial charge in [0.15, 0.2) is 5.96 Å². The third kappa shape index (κ3) is 4.29. The minimum absolute atomic E-state index is 0.447. The number of anilines is 1. The number of nitrogens with two attached hydrogens (primary N) is 1. The number of thiazole rings is 1. The van der Waals surface area contributed by atoms with E-state index in [1.54, 1.807) is 11.3 Å². The van der Waals surface area contributed by atoms with Gasteiger partial charge in [0.1, 0.15) is 0 Å². The Hall–Kier alpha value is -1.88. The Balaban J connectivity index is 1.90. The Labute approximate surface area is 130 Å². The minimum Gasteiger partial charge on any atom is -0.370 e. The first-order valence-electron chi connectivity index (χ1n) is 7.03. The second kappa shape index (κ2) is 6.72. The first-order valence-corrected chi connectivity index (χ1v) is 7.84. The molecule has 1 aromatic carbocycles. The standard InChI is InChI=1S/C16H22N4S/c1-10-5-6-14(9-11(10)2)20-16(17)18-8-7-15-19-12(3)13(4)21-15/h5-6,9H,7-8H2,1-4H3,(H3,17,18,20). The number of guanidine groups is 1.